The maximum absolute atomic E-state index is 11.8. The number of hydrogen-bond acceptors (Lipinski definition) is 4. The molecule has 1 aromatic rings. The van der Waals surface area contributed by atoms with Crippen LogP contribution in [-0.2, 0) is 15.3 Å². The van der Waals surface area contributed by atoms with Gasteiger partial charge in [-0.05, 0) is 12.1 Å². The van der Waals surface area contributed by atoms with Gasteiger partial charge in [-0.15, -0.1) is 0 Å². The number of nitrogens with zero attached hydrogens (tertiary/aromatic N) is 2. The number of pyridine rings is 1. The van der Waals surface area contributed by atoms with Crippen molar-refractivity contribution in [2.75, 3.05) is 19.3 Å². The van der Waals surface area contributed by atoms with E-state index in [9.17, 15) is 9.59 Å². The van der Waals surface area contributed by atoms with Crippen LogP contribution in [0.3, 0.4) is 0 Å². The Morgan fingerprint density at radius 3 is 2.80 bits per heavy atom. The first kappa shape index (κ1) is 16.5. The molecule has 1 heterocycles. The average Bonchev–Trinajstić information content (AvgIpc) is 2.44. The van der Waals surface area contributed by atoms with E-state index in [0.717, 1.165) is 11.4 Å². The summed E-state index contributed by atoms with van der Waals surface area (Å²) in [7, 11) is 1.64. The van der Waals surface area contributed by atoms with Gasteiger partial charge in [0.1, 0.15) is 0 Å². The highest BCUT2D eigenvalue weighted by Crippen LogP contribution is 2.11. The molecule has 1 unspecified atom stereocenters. The molecule has 0 aliphatic rings. The first-order chi connectivity index (χ1) is 9.50. The maximum atomic E-state index is 11.8. The van der Waals surface area contributed by atoms with Crippen LogP contribution in [0.2, 0.25) is 0 Å². The van der Waals surface area contributed by atoms with Crippen LogP contribution in [0, 0.1) is 5.92 Å². The molecular weight excluding hydrogens is 276 g/mol. The third kappa shape index (κ3) is 6.06. The molecule has 0 spiro atoms. The molecule has 20 heavy (non-hydrogen) atoms. The van der Waals surface area contributed by atoms with E-state index in [2.05, 4.69) is 4.98 Å². The maximum Gasteiger partial charge on any atom is 0.308 e. The number of amides is 1. The summed E-state index contributed by atoms with van der Waals surface area (Å²) in [6.07, 6.45) is 2.17. The number of carbonyl (C=O) groups excluding carboxylic acids is 1. The molecule has 0 bridgehead atoms. The Kier molecular flexibility index (Phi) is 7.08. The molecule has 1 rings (SSSR count). The molecule has 0 aliphatic heterocycles. The largest absolute Gasteiger partial charge is 0.481 e. The van der Waals surface area contributed by atoms with Gasteiger partial charge in [-0.1, -0.05) is 13.0 Å². The van der Waals surface area contributed by atoms with Crippen molar-refractivity contribution in [3.8, 4) is 0 Å². The second-order valence-corrected chi connectivity index (χ2v) is 5.74. The first-order valence-corrected chi connectivity index (χ1v) is 7.60. The summed E-state index contributed by atoms with van der Waals surface area (Å²) in [5, 5.41) is 8.80. The summed E-state index contributed by atoms with van der Waals surface area (Å²) in [6, 6.07) is 5.76. The lowest BCUT2D eigenvalue weighted by molar-refractivity contribution is -0.142. The highest BCUT2D eigenvalue weighted by Gasteiger charge is 2.16. The molecule has 0 radical (unpaired) electrons. The van der Waals surface area contributed by atoms with Gasteiger partial charge in [0.15, 0.2) is 0 Å². The van der Waals surface area contributed by atoms with Crippen LogP contribution in [0.4, 0.5) is 0 Å². The molecule has 0 saturated heterocycles. The number of thioether (sulfide) groups is 1. The molecule has 0 saturated carbocycles. The minimum atomic E-state index is -0.880. The lowest BCUT2D eigenvalue weighted by Crippen LogP contribution is -2.33. The fourth-order valence-corrected chi connectivity index (χ4v) is 2.44. The first-order valence-electron chi connectivity index (χ1n) is 6.45. The van der Waals surface area contributed by atoms with E-state index in [0.29, 0.717) is 12.2 Å². The summed E-state index contributed by atoms with van der Waals surface area (Å²) in [5.41, 5.74) is 0.998. The van der Waals surface area contributed by atoms with Crippen LogP contribution >= 0.6 is 11.8 Å². The molecule has 1 amide bonds. The lowest BCUT2D eigenvalue weighted by atomic mass is 10.2. The molecule has 1 atom stereocenters. The molecule has 0 aromatic carbocycles. The molecule has 110 valence electrons. The van der Waals surface area contributed by atoms with Crippen LogP contribution in [0.25, 0.3) is 0 Å². The van der Waals surface area contributed by atoms with Gasteiger partial charge < -0.3 is 10.0 Å². The van der Waals surface area contributed by atoms with Gasteiger partial charge in [0.05, 0.1) is 11.6 Å². The van der Waals surface area contributed by atoms with Crippen molar-refractivity contribution in [3.05, 3.63) is 30.1 Å². The van der Waals surface area contributed by atoms with E-state index in [4.69, 9.17) is 5.11 Å². The predicted molar refractivity (Wildman–Crippen MR) is 79.5 cm³/mol. The second kappa shape index (κ2) is 8.58. The standard InChI is InChI=1S/C14H20N2O3S/c1-11(14(18)19)9-16(2)13(17)6-8-20-10-12-5-3-4-7-15-12/h3-5,7,11H,6,8-10H2,1-2H3,(H,18,19). The zero-order valence-corrected chi connectivity index (χ0v) is 12.6. The molecule has 5 nitrogen and oxygen atoms in total. The number of carboxylic acids is 1. The molecule has 1 N–H and O–H groups in total. The lowest BCUT2D eigenvalue weighted by Gasteiger charge is -2.19. The summed E-state index contributed by atoms with van der Waals surface area (Å²) < 4.78 is 0. The van der Waals surface area contributed by atoms with Crippen LogP contribution in [-0.4, -0.2) is 46.2 Å². The van der Waals surface area contributed by atoms with Gasteiger partial charge >= 0.3 is 5.97 Å². The van der Waals surface area contributed by atoms with Gasteiger partial charge in [-0.3, -0.25) is 14.6 Å². The minimum Gasteiger partial charge on any atom is -0.481 e. The molecular formula is C14H20N2O3S. The monoisotopic (exact) mass is 296 g/mol. The fraction of sp³-hybridized carbons (Fsp3) is 0.500. The van der Waals surface area contributed by atoms with E-state index in [1.54, 1.807) is 31.9 Å². The number of aromatic nitrogens is 1. The third-order valence-corrected chi connectivity index (χ3v) is 3.82. The van der Waals surface area contributed by atoms with Crippen molar-refractivity contribution in [2.45, 2.75) is 19.1 Å². The van der Waals surface area contributed by atoms with Crippen molar-refractivity contribution in [3.63, 3.8) is 0 Å². The van der Waals surface area contributed by atoms with Crippen molar-refractivity contribution in [2.24, 2.45) is 5.92 Å². The van der Waals surface area contributed by atoms with Gasteiger partial charge in [0, 0.05) is 37.7 Å². The summed E-state index contributed by atoms with van der Waals surface area (Å²) in [4.78, 5) is 28.2. The Morgan fingerprint density at radius 2 is 2.20 bits per heavy atom. The summed E-state index contributed by atoms with van der Waals surface area (Å²) >= 11 is 1.65. The third-order valence-electron chi connectivity index (χ3n) is 2.83. The smallest absolute Gasteiger partial charge is 0.308 e. The number of aliphatic carboxylic acids is 1. The predicted octanol–water partition coefficient (Wildman–Crippen LogP) is 1.88. The van der Waals surface area contributed by atoms with Crippen molar-refractivity contribution in [1.82, 2.24) is 9.88 Å². The SMILES string of the molecule is CC(CN(C)C(=O)CCSCc1ccccn1)C(=O)O. The van der Waals surface area contributed by atoms with Crippen LogP contribution in [0.15, 0.2) is 24.4 Å². The van der Waals surface area contributed by atoms with Gasteiger partial charge in [-0.25, -0.2) is 0 Å². The highest BCUT2D eigenvalue weighted by atomic mass is 32.2. The Morgan fingerprint density at radius 1 is 1.45 bits per heavy atom. The van der Waals surface area contributed by atoms with Gasteiger partial charge in [0.2, 0.25) is 5.91 Å². The second-order valence-electron chi connectivity index (χ2n) is 4.64. The molecule has 6 heteroatoms. The molecule has 1 aromatic heterocycles. The van der Waals surface area contributed by atoms with Crippen molar-refractivity contribution in [1.29, 1.82) is 0 Å². The van der Waals surface area contributed by atoms with E-state index in [1.165, 1.54) is 4.90 Å². The topological polar surface area (TPSA) is 70.5 Å². The van der Waals surface area contributed by atoms with Crippen LogP contribution < -0.4 is 0 Å². The zero-order chi connectivity index (χ0) is 15.0. The molecule has 0 aliphatic carbocycles. The van der Waals surface area contributed by atoms with Crippen molar-refractivity contribution < 1.29 is 14.7 Å². The quantitative estimate of drug-likeness (QED) is 0.742. The Bertz CT molecular complexity index is 439. The Labute approximate surface area is 123 Å². The van der Waals surface area contributed by atoms with Crippen molar-refractivity contribution >= 4 is 23.6 Å². The zero-order valence-electron chi connectivity index (χ0n) is 11.8. The van der Waals surface area contributed by atoms with E-state index in [1.807, 2.05) is 18.2 Å². The van der Waals surface area contributed by atoms with Crippen LogP contribution in [0.5, 0.6) is 0 Å². The van der Waals surface area contributed by atoms with Gasteiger partial charge in [-0.2, -0.15) is 11.8 Å². The van der Waals surface area contributed by atoms with Gasteiger partial charge in [0.25, 0.3) is 0 Å². The average molecular weight is 296 g/mol. The number of rotatable bonds is 8. The summed E-state index contributed by atoms with van der Waals surface area (Å²) in [6.45, 7) is 1.85. The summed E-state index contributed by atoms with van der Waals surface area (Å²) in [5.74, 6) is 0.0517. The Hall–Kier alpha value is -1.56. The highest BCUT2D eigenvalue weighted by molar-refractivity contribution is 7.98. The number of carbonyl (C=O) groups is 2. The number of hydrogen-bond donors (Lipinski definition) is 1. The minimum absolute atomic E-state index is 0.0216. The van der Waals surface area contributed by atoms with E-state index < -0.39 is 11.9 Å². The molecule has 0 fully saturated rings. The van der Waals surface area contributed by atoms with E-state index in [-0.39, 0.29) is 12.5 Å². The normalized spacial score (nSPS) is 11.9. The number of carboxylic acid groups (broad SMARTS) is 1. The Balaban J connectivity index is 2.21. The fourth-order valence-electron chi connectivity index (χ4n) is 1.60. The van der Waals surface area contributed by atoms with E-state index >= 15 is 0 Å². The van der Waals surface area contributed by atoms with Crippen LogP contribution in [0.1, 0.15) is 19.0 Å².